The average molecular weight is 369 g/mol. The van der Waals surface area contributed by atoms with Gasteiger partial charge in [-0.05, 0) is 36.2 Å². The van der Waals surface area contributed by atoms with Crippen LogP contribution in [0.5, 0.6) is 0 Å². The number of hydrogen-bond donors (Lipinski definition) is 2. The molecule has 0 aliphatic rings. The fourth-order valence-corrected chi connectivity index (χ4v) is 3.14. The van der Waals surface area contributed by atoms with Crippen molar-refractivity contribution in [2.45, 2.75) is 6.42 Å². The van der Waals surface area contributed by atoms with E-state index in [0.29, 0.717) is 17.1 Å². The molecule has 0 saturated carbocycles. The summed E-state index contributed by atoms with van der Waals surface area (Å²) in [6.07, 6.45) is 2.32. The summed E-state index contributed by atoms with van der Waals surface area (Å²) in [5.41, 5.74) is 9.33. The van der Waals surface area contributed by atoms with Crippen molar-refractivity contribution in [1.82, 2.24) is 9.78 Å². The molecule has 0 spiro atoms. The van der Waals surface area contributed by atoms with Crippen molar-refractivity contribution in [3.8, 4) is 11.3 Å². The maximum atomic E-state index is 12.6. The van der Waals surface area contributed by atoms with Gasteiger partial charge in [0.2, 0.25) is 5.91 Å². The van der Waals surface area contributed by atoms with Crippen LogP contribution in [0.25, 0.3) is 11.3 Å². The second-order valence-corrected chi connectivity index (χ2v) is 6.55. The molecule has 1 unspecified atom stereocenters. The van der Waals surface area contributed by atoms with Crippen LogP contribution in [0.3, 0.4) is 0 Å². The molecule has 2 aromatic carbocycles. The topological polar surface area (TPSA) is 72.9 Å². The highest BCUT2D eigenvalue weighted by molar-refractivity contribution is 6.33. The second-order valence-electron chi connectivity index (χ2n) is 6.15. The maximum Gasteiger partial charge on any atom is 0.229 e. The molecular weight excluding hydrogens is 348 g/mol. The van der Waals surface area contributed by atoms with Crippen LogP contribution >= 0.6 is 11.6 Å². The van der Waals surface area contributed by atoms with E-state index in [-0.39, 0.29) is 18.4 Å². The Balaban J connectivity index is 1.72. The van der Waals surface area contributed by atoms with Crippen LogP contribution in [0.1, 0.15) is 5.56 Å². The molecule has 3 rings (SSSR count). The van der Waals surface area contributed by atoms with Gasteiger partial charge in [-0.3, -0.25) is 9.48 Å². The van der Waals surface area contributed by atoms with E-state index in [1.807, 2.05) is 55.6 Å². The van der Waals surface area contributed by atoms with Crippen LogP contribution in [0.4, 0.5) is 5.69 Å². The van der Waals surface area contributed by atoms with Gasteiger partial charge < -0.3 is 11.1 Å². The van der Waals surface area contributed by atoms with E-state index in [4.69, 9.17) is 17.3 Å². The third-order valence-electron chi connectivity index (χ3n) is 4.31. The second kappa shape index (κ2) is 8.17. The number of nitrogens with zero attached hydrogens (tertiary/aromatic N) is 2. The largest absolute Gasteiger partial charge is 0.330 e. The number of amides is 1. The van der Waals surface area contributed by atoms with Gasteiger partial charge in [-0.15, -0.1) is 0 Å². The van der Waals surface area contributed by atoms with Gasteiger partial charge >= 0.3 is 0 Å². The van der Waals surface area contributed by atoms with Crippen molar-refractivity contribution in [2.75, 3.05) is 11.9 Å². The molecule has 1 heterocycles. The molecule has 0 radical (unpaired) electrons. The number of aryl methyl sites for hydroxylation is 1. The first-order chi connectivity index (χ1) is 12.6. The van der Waals surface area contributed by atoms with Crippen LogP contribution in [-0.4, -0.2) is 22.2 Å². The number of hydrogen-bond acceptors (Lipinski definition) is 3. The monoisotopic (exact) mass is 368 g/mol. The number of anilines is 1. The number of benzene rings is 2. The summed E-state index contributed by atoms with van der Waals surface area (Å²) < 4.78 is 1.75. The van der Waals surface area contributed by atoms with E-state index in [2.05, 4.69) is 10.4 Å². The van der Waals surface area contributed by atoms with Gasteiger partial charge in [0.1, 0.15) is 0 Å². The summed E-state index contributed by atoms with van der Waals surface area (Å²) in [6, 6.07) is 17.2. The van der Waals surface area contributed by atoms with Gasteiger partial charge in [-0.25, -0.2) is 0 Å². The Kier molecular flexibility index (Phi) is 5.71. The number of halogens is 1. The Morgan fingerprint density at radius 2 is 2.00 bits per heavy atom. The number of nitrogens with two attached hydrogens (primary N) is 1. The van der Waals surface area contributed by atoms with Crippen molar-refractivity contribution < 1.29 is 4.79 Å². The standard InChI is InChI=1S/C20H21ClN4O/c1-25-19(9-10-23-25)17-8-7-16(12-18(17)21)24-20(26)15(13-22)11-14-5-3-2-4-6-14/h2-10,12,15H,11,13,22H2,1H3,(H,24,26). The summed E-state index contributed by atoms with van der Waals surface area (Å²) in [5, 5.41) is 7.62. The lowest BCUT2D eigenvalue weighted by atomic mass is 9.98. The molecule has 3 aromatic rings. The highest BCUT2D eigenvalue weighted by atomic mass is 35.5. The molecule has 0 saturated heterocycles. The first-order valence-corrected chi connectivity index (χ1v) is 8.79. The maximum absolute atomic E-state index is 12.6. The first kappa shape index (κ1) is 18.2. The third-order valence-corrected chi connectivity index (χ3v) is 4.63. The minimum Gasteiger partial charge on any atom is -0.330 e. The third kappa shape index (κ3) is 4.12. The predicted molar refractivity (Wildman–Crippen MR) is 105 cm³/mol. The number of aromatic nitrogens is 2. The molecule has 0 aliphatic carbocycles. The number of carbonyl (C=O) groups is 1. The van der Waals surface area contributed by atoms with Gasteiger partial charge in [-0.2, -0.15) is 5.10 Å². The summed E-state index contributed by atoms with van der Waals surface area (Å²) >= 11 is 6.40. The van der Waals surface area contributed by atoms with Crippen LogP contribution in [0, 0.1) is 5.92 Å². The molecule has 5 nitrogen and oxygen atoms in total. The summed E-state index contributed by atoms with van der Waals surface area (Å²) in [7, 11) is 1.86. The van der Waals surface area contributed by atoms with Crippen molar-refractivity contribution in [1.29, 1.82) is 0 Å². The summed E-state index contributed by atoms with van der Waals surface area (Å²) in [5.74, 6) is -0.409. The van der Waals surface area contributed by atoms with E-state index >= 15 is 0 Å². The van der Waals surface area contributed by atoms with Gasteiger partial charge in [0.15, 0.2) is 0 Å². The Hall–Kier alpha value is -2.63. The fourth-order valence-electron chi connectivity index (χ4n) is 2.86. The highest BCUT2D eigenvalue weighted by Gasteiger charge is 2.18. The highest BCUT2D eigenvalue weighted by Crippen LogP contribution is 2.30. The molecule has 1 atom stereocenters. The quantitative estimate of drug-likeness (QED) is 0.699. The van der Waals surface area contributed by atoms with Crippen molar-refractivity contribution in [3.05, 3.63) is 71.4 Å². The Morgan fingerprint density at radius 3 is 2.62 bits per heavy atom. The molecule has 0 bridgehead atoms. The normalized spacial score (nSPS) is 12.0. The number of nitrogens with one attached hydrogen (secondary N) is 1. The van der Waals surface area contributed by atoms with Crippen molar-refractivity contribution in [3.63, 3.8) is 0 Å². The van der Waals surface area contributed by atoms with Crippen LogP contribution in [0.15, 0.2) is 60.8 Å². The van der Waals surface area contributed by atoms with Crippen LogP contribution in [-0.2, 0) is 18.3 Å². The molecule has 0 aliphatic heterocycles. The zero-order chi connectivity index (χ0) is 18.5. The molecule has 0 fully saturated rings. The molecular formula is C20H21ClN4O. The average Bonchev–Trinajstić information content (AvgIpc) is 3.06. The lowest BCUT2D eigenvalue weighted by Gasteiger charge is -2.16. The molecule has 1 aromatic heterocycles. The van der Waals surface area contributed by atoms with Crippen LogP contribution in [0.2, 0.25) is 5.02 Å². The zero-order valence-corrected chi connectivity index (χ0v) is 15.3. The molecule has 26 heavy (non-hydrogen) atoms. The van der Waals surface area contributed by atoms with Crippen molar-refractivity contribution in [2.24, 2.45) is 18.7 Å². The van der Waals surface area contributed by atoms with E-state index in [1.165, 1.54) is 0 Å². The molecule has 134 valence electrons. The first-order valence-electron chi connectivity index (χ1n) is 8.41. The van der Waals surface area contributed by atoms with E-state index in [9.17, 15) is 4.79 Å². The lowest BCUT2D eigenvalue weighted by molar-refractivity contribution is -0.119. The zero-order valence-electron chi connectivity index (χ0n) is 14.5. The molecule has 6 heteroatoms. The smallest absolute Gasteiger partial charge is 0.229 e. The van der Waals surface area contributed by atoms with Crippen molar-refractivity contribution >= 4 is 23.2 Å². The fraction of sp³-hybridized carbons (Fsp3) is 0.200. The SMILES string of the molecule is Cn1nccc1-c1ccc(NC(=O)C(CN)Cc2ccccc2)cc1Cl. The Bertz CT molecular complexity index is 892. The number of carbonyl (C=O) groups excluding carboxylic acids is 1. The summed E-state index contributed by atoms with van der Waals surface area (Å²) in [6.45, 7) is 0.279. The van der Waals surface area contributed by atoms with Gasteiger partial charge in [-0.1, -0.05) is 41.9 Å². The van der Waals surface area contributed by atoms with E-state index in [0.717, 1.165) is 16.8 Å². The van der Waals surface area contributed by atoms with Gasteiger partial charge in [0, 0.05) is 31.0 Å². The summed E-state index contributed by atoms with van der Waals surface area (Å²) in [4.78, 5) is 12.6. The van der Waals surface area contributed by atoms with E-state index in [1.54, 1.807) is 16.9 Å². The minimum atomic E-state index is -0.298. The Morgan fingerprint density at radius 1 is 1.23 bits per heavy atom. The number of rotatable bonds is 6. The molecule has 3 N–H and O–H groups in total. The van der Waals surface area contributed by atoms with E-state index < -0.39 is 0 Å². The van der Waals surface area contributed by atoms with Crippen LogP contribution < -0.4 is 11.1 Å². The lowest BCUT2D eigenvalue weighted by Crippen LogP contribution is -2.31. The predicted octanol–water partition coefficient (Wildman–Crippen LogP) is 3.50. The van der Waals surface area contributed by atoms with Gasteiger partial charge in [0.25, 0.3) is 0 Å². The van der Waals surface area contributed by atoms with Gasteiger partial charge in [0.05, 0.1) is 16.6 Å². The molecule has 1 amide bonds. The Labute approximate surface area is 157 Å². The minimum absolute atomic E-state index is 0.110.